The lowest BCUT2D eigenvalue weighted by atomic mass is 10.0. The summed E-state index contributed by atoms with van der Waals surface area (Å²) in [4.78, 5) is 14.7. The van der Waals surface area contributed by atoms with Crippen LogP contribution in [0.15, 0.2) is 224 Å². The molecule has 0 saturated heterocycles. The number of aromatic nitrogens is 5. The average Bonchev–Trinajstić information content (AvgIpc) is 3.88. The molecule has 9 aromatic carbocycles. The van der Waals surface area contributed by atoms with Gasteiger partial charge in [-0.2, -0.15) is 0 Å². The Morgan fingerprint density at radius 1 is 0.258 bits per heavy atom. The lowest BCUT2D eigenvalue weighted by Gasteiger charge is -2.14. The number of benzene rings is 9. The van der Waals surface area contributed by atoms with E-state index in [-0.39, 0.29) is 0 Å². The van der Waals surface area contributed by atoms with Gasteiger partial charge in [-0.25, -0.2) is 15.0 Å². The monoisotopic (exact) mass is 791 g/mol. The van der Waals surface area contributed by atoms with Gasteiger partial charge in [-0.3, -0.25) is 0 Å². The molecule has 0 bridgehead atoms. The van der Waals surface area contributed by atoms with E-state index in [0.29, 0.717) is 17.5 Å². The third-order valence-electron chi connectivity index (χ3n) is 12.0. The highest BCUT2D eigenvalue weighted by molar-refractivity contribution is 6.14. The molecule has 3 heterocycles. The van der Waals surface area contributed by atoms with Gasteiger partial charge in [0.2, 0.25) is 0 Å². The Labute approximate surface area is 358 Å². The van der Waals surface area contributed by atoms with Gasteiger partial charge in [-0.15, -0.1) is 0 Å². The topological polar surface area (TPSA) is 48.5 Å². The summed E-state index contributed by atoms with van der Waals surface area (Å²) in [5.41, 5.74) is 14.4. The van der Waals surface area contributed by atoms with Crippen LogP contribution in [0.4, 0.5) is 0 Å². The van der Waals surface area contributed by atoms with Gasteiger partial charge in [-0.1, -0.05) is 182 Å². The third-order valence-corrected chi connectivity index (χ3v) is 12.0. The number of hydrogen-bond donors (Lipinski definition) is 0. The number of hydrogen-bond acceptors (Lipinski definition) is 3. The molecule has 62 heavy (non-hydrogen) atoms. The Balaban J connectivity index is 0.928. The first-order valence-corrected chi connectivity index (χ1v) is 20.9. The Morgan fingerprint density at radius 2 is 0.661 bits per heavy atom. The zero-order valence-electron chi connectivity index (χ0n) is 33.6. The van der Waals surface area contributed by atoms with Gasteiger partial charge in [-0.05, 0) is 59.2 Å². The fraction of sp³-hybridized carbons (Fsp3) is 0. The highest BCUT2D eigenvalue weighted by Gasteiger charge is 2.19. The van der Waals surface area contributed by atoms with Crippen molar-refractivity contribution in [3.05, 3.63) is 224 Å². The molecule has 0 amide bonds. The zero-order valence-corrected chi connectivity index (χ0v) is 33.6. The standard InChI is InChI=1S/C57H37N5/c1-3-15-40(16-4-1)55-58-56(41-17-5-2-6-18-41)60-57(59-55)42-31-29-38(30-32-42)39-33-35-44(36-34-39)62-53-28-12-9-23-49(53)50-25-14-24-46(54(50)62)43-19-13-20-45(37-43)61-51-26-10-7-21-47(51)48-22-8-11-27-52(48)61/h1-37H. The Morgan fingerprint density at radius 3 is 1.23 bits per heavy atom. The van der Waals surface area contributed by atoms with Crippen molar-refractivity contribution < 1.29 is 0 Å². The van der Waals surface area contributed by atoms with Crippen LogP contribution in [0, 0.1) is 0 Å². The maximum atomic E-state index is 4.94. The number of rotatable bonds is 7. The maximum Gasteiger partial charge on any atom is 0.164 e. The highest BCUT2D eigenvalue weighted by atomic mass is 15.0. The molecule has 290 valence electrons. The minimum absolute atomic E-state index is 0.641. The smallest absolute Gasteiger partial charge is 0.164 e. The minimum atomic E-state index is 0.641. The average molecular weight is 792 g/mol. The molecule has 0 aliphatic heterocycles. The maximum absolute atomic E-state index is 4.94. The second-order valence-electron chi connectivity index (χ2n) is 15.6. The van der Waals surface area contributed by atoms with Gasteiger partial charge >= 0.3 is 0 Å². The Kier molecular flexibility index (Phi) is 8.42. The first-order valence-electron chi connectivity index (χ1n) is 20.9. The van der Waals surface area contributed by atoms with Crippen LogP contribution in [0.3, 0.4) is 0 Å². The molecule has 0 radical (unpaired) electrons. The molecule has 0 unspecified atom stereocenters. The fourth-order valence-electron chi connectivity index (χ4n) is 9.09. The molecule has 0 spiro atoms. The lowest BCUT2D eigenvalue weighted by molar-refractivity contribution is 1.07. The van der Waals surface area contributed by atoms with E-state index in [1.807, 2.05) is 60.7 Å². The molecule has 0 aliphatic carbocycles. The van der Waals surface area contributed by atoms with Gasteiger partial charge in [0, 0.05) is 55.2 Å². The van der Waals surface area contributed by atoms with Crippen LogP contribution < -0.4 is 0 Å². The summed E-state index contributed by atoms with van der Waals surface area (Å²) in [7, 11) is 0. The number of nitrogens with zero attached hydrogens (tertiary/aromatic N) is 5. The van der Waals surface area contributed by atoms with Gasteiger partial charge in [0.25, 0.3) is 0 Å². The van der Waals surface area contributed by atoms with Crippen molar-refractivity contribution in [2.24, 2.45) is 0 Å². The quantitative estimate of drug-likeness (QED) is 0.162. The summed E-state index contributed by atoms with van der Waals surface area (Å²) in [6.07, 6.45) is 0. The fourth-order valence-corrected chi connectivity index (χ4v) is 9.09. The third kappa shape index (κ3) is 5.98. The molecule has 0 fully saturated rings. The minimum Gasteiger partial charge on any atom is -0.309 e. The van der Waals surface area contributed by atoms with Crippen LogP contribution in [0.25, 0.3) is 111 Å². The van der Waals surface area contributed by atoms with Crippen molar-refractivity contribution in [3.63, 3.8) is 0 Å². The predicted molar refractivity (Wildman–Crippen MR) is 256 cm³/mol. The largest absolute Gasteiger partial charge is 0.309 e. The Bertz CT molecular complexity index is 3490. The molecule has 3 aromatic heterocycles. The summed E-state index contributed by atoms with van der Waals surface area (Å²) < 4.78 is 4.82. The second-order valence-corrected chi connectivity index (χ2v) is 15.6. The van der Waals surface area contributed by atoms with Crippen molar-refractivity contribution in [2.45, 2.75) is 0 Å². The van der Waals surface area contributed by atoms with Gasteiger partial charge in [0.1, 0.15) is 0 Å². The number of fused-ring (bicyclic) bond motifs is 6. The molecule has 0 atom stereocenters. The van der Waals surface area contributed by atoms with Crippen LogP contribution >= 0.6 is 0 Å². The van der Waals surface area contributed by atoms with Crippen molar-refractivity contribution in [3.8, 4) is 67.8 Å². The Hall–Kier alpha value is -8.41. The van der Waals surface area contributed by atoms with E-state index in [1.165, 1.54) is 54.7 Å². The molecule has 12 aromatic rings. The predicted octanol–water partition coefficient (Wildman–Crippen LogP) is 14.4. The van der Waals surface area contributed by atoms with Crippen LogP contribution in [0.5, 0.6) is 0 Å². The van der Waals surface area contributed by atoms with E-state index in [1.54, 1.807) is 0 Å². The summed E-state index contributed by atoms with van der Waals surface area (Å²) >= 11 is 0. The summed E-state index contributed by atoms with van der Waals surface area (Å²) in [5.74, 6) is 1.94. The lowest BCUT2D eigenvalue weighted by Crippen LogP contribution is -2.00. The van der Waals surface area contributed by atoms with E-state index in [0.717, 1.165) is 39.2 Å². The molecule has 0 saturated carbocycles. The van der Waals surface area contributed by atoms with Gasteiger partial charge < -0.3 is 9.13 Å². The van der Waals surface area contributed by atoms with E-state index < -0.39 is 0 Å². The summed E-state index contributed by atoms with van der Waals surface area (Å²) in [5, 5.41) is 4.97. The second kappa shape index (κ2) is 14.7. The normalized spacial score (nSPS) is 11.5. The SMILES string of the molecule is c1ccc(-c2nc(-c3ccccc3)nc(-c3ccc(-c4ccc(-n5c6ccccc6c6cccc(-c7cccc(-n8c9ccccc9c9ccccc98)c7)c65)cc4)cc3)n2)cc1. The summed E-state index contributed by atoms with van der Waals surface area (Å²) in [6.45, 7) is 0. The first-order chi connectivity index (χ1) is 30.7. The van der Waals surface area contributed by atoms with E-state index in [4.69, 9.17) is 15.0 Å². The molecular formula is C57H37N5. The molecular weight excluding hydrogens is 755 g/mol. The van der Waals surface area contributed by atoms with Gasteiger partial charge in [0.05, 0.1) is 22.1 Å². The molecule has 5 nitrogen and oxygen atoms in total. The van der Waals surface area contributed by atoms with Crippen LogP contribution in [0.1, 0.15) is 0 Å². The van der Waals surface area contributed by atoms with Crippen molar-refractivity contribution >= 4 is 43.6 Å². The van der Waals surface area contributed by atoms with Crippen LogP contribution in [-0.2, 0) is 0 Å². The first kappa shape index (κ1) is 35.5. The molecule has 5 heteroatoms. The number of para-hydroxylation sites is 4. The van der Waals surface area contributed by atoms with Crippen molar-refractivity contribution in [1.82, 2.24) is 24.1 Å². The zero-order chi connectivity index (χ0) is 41.0. The van der Waals surface area contributed by atoms with E-state index >= 15 is 0 Å². The molecule has 0 N–H and O–H groups in total. The van der Waals surface area contributed by atoms with Crippen LogP contribution in [-0.4, -0.2) is 24.1 Å². The summed E-state index contributed by atoms with van der Waals surface area (Å²) in [6, 6.07) is 79.4. The van der Waals surface area contributed by atoms with Crippen molar-refractivity contribution in [2.75, 3.05) is 0 Å². The molecule has 0 aliphatic rings. The highest BCUT2D eigenvalue weighted by Crippen LogP contribution is 2.40. The van der Waals surface area contributed by atoms with Gasteiger partial charge in [0.15, 0.2) is 17.5 Å². The van der Waals surface area contributed by atoms with Crippen molar-refractivity contribution in [1.29, 1.82) is 0 Å². The van der Waals surface area contributed by atoms with E-state index in [9.17, 15) is 0 Å². The van der Waals surface area contributed by atoms with E-state index in [2.05, 4.69) is 173 Å². The van der Waals surface area contributed by atoms with Crippen LogP contribution in [0.2, 0.25) is 0 Å². The molecule has 12 rings (SSSR count).